The molecule has 2 unspecified atom stereocenters. The zero-order chi connectivity index (χ0) is 12.1. The lowest BCUT2D eigenvalue weighted by Gasteiger charge is -2.37. The highest BCUT2D eigenvalue weighted by molar-refractivity contribution is 5.85. The van der Waals surface area contributed by atoms with Crippen LogP contribution >= 0.6 is 12.4 Å². The van der Waals surface area contributed by atoms with E-state index >= 15 is 0 Å². The van der Waals surface area contributed by atoms with Crippen molar-refractivity contribution in [3.05, 3.63) is 0 Å². The molecule has 2 nitrogen and oxygen atoms in total. The Kier molecular flexibility index (Phi) is 7.59. The number of halogens is 1. The molecule has 3 heteroatoms. The lowest BCUT2D eigenvalue weighted by molar-refractivity contribution is 0.129. The molecule has 0 radical (unpaired) electrons. The van der Waals surface area contributed by atoms with E-state index in [4.69, 9.17) is 0 Å². The van der Waals surface area contributed by atoms with Gasteiger partial charge in [0.25, 0.3) is 0 Å². The van der Waals surface area contributed by atoms with Crippen molar-refractivity contribution in [2.24, 2.45) is 11.8 Å². The second kappa shape index (κ2) is 8.39. The van der Waals surface area contributed by atoms with E-state index in [1.165, 1.54) is 64.6 Å². The first kappa shape index (κ1) is 16.3. The fourth-order valence-corrected chi connectivity index (χ4v) is 3.67. The molecule has 0 amide bonds. The summed E-state index contributed by atoms with van der Waals surface area (Å²) in [5, 5.41) is 3.46. The number of piperidine rings is 1. The zero-order valence-electron chi connectivity index (χ0n) is 12.2. The third kappa shape index (κ3) is 4.71. The second-order valence-electron chi connectivity index (χ2n) is 6.29. The monoisotopic (exact) mass is 274 g/mol. The Hall–Kier alpha value is 0.210. The quantitative estimate of drug-likeness (QED) is 0.846. The van der Waals surface area contributed by atoms with Gasteiger partial charge in [-0.15, -0.1) is 12.4 Å². The number of hydrogen-bond acceptors (Lipinski definition) is 2. The summed E-state index contributed by atoms with van der Waals surface area (Å²) in [6.45, 7) is 6.26. The van der Waals surface area contributed by atoms with Crippen molar-refractivity contribution in [1.29, 1.82) is 0 Å². The predicted octanol–water partition coefficient (Wildman–Crippen LogP) is 3.31. The molecule has 2 atom stereocenters. The van der Waals surface area contributed by atoms with Gasteiger partial charge in [0.1, 0.15) is 0 Å². The van der Waals surface area contributed by atoms with Crippen LogP contribution in [0.4, 0.5) is 0 Å². The van der Waals surface area contributed by atoms with Gasteiger partial charge >= 0.3 is 0 Å². The summed E-state index contributed by atoms with van der Waals surface area (Å²) in [5.74, 6) is 1.90. The van der Waals surface area contributed by atoms with Crippen LogP contribution in [0.2, 0.25) is 0 Å². The van der Waals surface area contributed by atoms with Crippen molar-refractivity contribution in [2.45, 2.75) is 57.9 Å². The van der Waals surface area contributed by atoms with Crippen LogP contribution in [-0.4, -0.2) is 37.6 Å². The first-order valence-electron chi connectivity index (χ1n) is 7.68. The molecule has 1 heterocycles. The Labute approximate surface area is 119 Å². The Bertz CT molecular complexity index is 217. The van der Waals surface area contributed by atoms with Crippen LogP contribution in [-0.2, 0) is 0 Å². The van der Waals surface area contributed by atoms with Gasteiger partial charge in [0.05, 0.1) is 0 Å². The summed E-state index contributed by atoms with van der Waals surface area (Å²) in [6, 6.07) is 0.866. The molecule has 18 heavy (non-hydrogen) atoms. The maximum atomic E-state index is 3.46. The van der Waals surface area contributed by atoms with E-state index in [2.05, 4.69) is 24.2 Å². The molecule has 2 aliphatic rings. The predicted molar refractivity (Wildman–Crippen MR) is 81.5 cm³/mol. The van der Waals surface area contributed by atoms with Crippen molar-refractivity contribution in [3.8, 4) is 0 Å². The third-order valence-electron chi connectivity index (χ3n) is 4.98. The molecule has 1 saturated heterocycles. The van der Waals surface area contributed by atoms with Crippen molar-refractivity contribution >= 4 is 12.4 Å². The van der Waals surface area contributed by atoms with E-state index in [9.17, 15) is 0 Å². The number of rotatable bonds is 4. The maximum Gasteiger partial charge on any atom is 0.0118 e. The average Bonchev–Trinajstić information content (AvgIpc) is 2.38. The summed E-state index contributed by atoms with van der Waals surface area (Å²) in [6.07, 6.45) is 10.0. The molecule has 2 rings (SSSR count). The molecule has 0 aromatic heterocycles. The first-order valence-corrected chi connectivity index (χ1v) is 7.68. The molecule has 2 fully saturated rings. The van der Waals surface area contributed by atoms with E-state index in [0.29, 0.717) is 0 Å². The van der Waals surface area contributed by atoms with Crippen LogP contribution in [0.1, 0.15) is 51.9 Å². The van der Waals surface area contributed by atoms with Gasteiger partial charge in [-0.25, -0.2) is 0 Å². The summed E-state index contributed by atoms with van der Waals surface area (Å²) >= 11 is 0. The standard InChI is InChI=1S/C15H30N2.ClH/c1-13-5-3-4-6-15(13)17(2)12-9-14-7-10-16-11-8-14;/h13-16H,3-12H2,1-2H3;1H. The Morgan fingerprint density at radius 1 is 1.06 bits per heavy atom. The van der Waals surface area contributed by atoms with Gasteiger partial charge in [-0.05, 0) is 70.6 Å². The summed E-state index contributed by atoms with van der Waals surface area (Å²) in [4.78, 5) is 2.66. The lowest BCUT2D eigenvalue weighted by Crippen LogP contribution is -2.40. The van der Waals surface area contributed by atoms with E-state index < -0.39 is 0 Å². The van der Waals surface area contributed by atoms with Crippen molar-refractivity contribution in [2.75, 3.05) is 26.7 Å². The summed E-state index contributed by atoms with van der Waals surface area (Å²) in [5.41, 5.74) is 0. The first-order chi connectivity index (χ1) is 8.27. The van der Waals surface area contributed by atoms with Gasteiger partial charge in [-0.3, -0.25) is 0 Å². The minimum Gasteiger partial charge on any atom is -0.317 e. The normalized spacial score (nSPS) is 30.2. The Morgan fingerprint density at radius 3 is 2.39 bits per heavy atom. The third-order valence-corrected chi connectivity index (χ3v) is 4.98. The van der Waals surface area contributed by atoms with Gasteiger partial charge in [0, 0.05) is 6.04 Å². The molecule has 0 aromatic rings. The highest BCUT2D eigenvalue weighted by atomic mass is 35.5. The van der Waals surface area contributed by atoms with Gasteiger partial charge in [-0.2, -0.15) is 0 Å². The lowest BCUT2D eigenvalue weighted by atomic mass is 9.84. The highest BCUT2D eigenvalue weighted by Gasteiger charge is 2.25. The van der Waals surface area contributed by atoms with Crippen molar-refractivity contribution < 1.29 is 0 Å². The minimum absolute atomic E-state index is 0. The van der Waals surface area contributed by atoms with Crippen LogP contribution in [0.15, 0.2) is 0 Å². The van der Waals surface area contributed by atoms with Gasteiger partial charge in [-0.1, -0.05) is 19.8 Å². The fourth-order valence-electron chi connectivity index (χ4n) is 3.67. The maximum absolute atomic E-state index is 3.46. The number of nitrogens with zero attached hydrogens (tertiary/aromatic N) is 1. The van der Waals surface area contributed by atoms with Gasteiger partial charge in [0.15, 0.2) is 0 Å². The molecule has 1 N–H and O–H groups in total. The molecule has 1 aliphatic heterocycles. The highest BCUT2D eigenvalue weighted by Crippen LogP contribution is 2.28. The van der Waals surface area contributed by atoms with E-state index in [1.54, 1.807) is 0 Å². The van der Waals surface area contributed by atoms with Crippen LogP contribution in [0.3, 0.4) is 0 Å². The minimum atomic E-state index is 0. The van der Waals surface area contributed by atoms with Crippen molar-refractivity contribution in [1.82, 2.24) is 10.2 Å². The SMILES string of the molecule is CC1CCCCC1N(C)CCC1CCNCC1.Cl. The molecular formula is C15H31ClN2. The largest absolute Gasteiger partial charge is 0.317 e. The fraction of sp³-hybridized carbons (Fsp3) is 1.00. The average molecular weight is 275 g/mol. The van der Waals surface area contributed by atoms with Crippen LogP contribution < -0.4 is 5.32 Å². The topological polar surface area (TPSA) is 15.3 Å². The summed E-state index contributed by atoms with van der Waals surface area (Å²) in [7, 11) is 2.35. The number of nitrogens with one attached hydrogen (secondary N) is 1. The summed E-state index contributed by atoms with van der Waals surface area (Å²) < 4.78 is 0. The molecule has 1 saturated carbocycles. The van der Waals surface area contributed by atoms with Crippen LogP contribution in [0, 0.1) is 11.8 Å². The number of hydrogen-bond donors (Lipinski definition) is 1. The van der Waals surface area contributed by atoms with E-state index in [0.717, 1.165) is 17.9 Å². The van der Waals surface area contributed by atoms with Gasteiger partial charge < -0.3 is 10.2 Å². The van der Waals surface area contributed by atoms with Gasteiger partial charge in [0.2, 0.25) is 0 Å². The van der Waals surface area contributed by atoms with Crippen molar-refractivity contribution in [3.63, 3.8) is 0 Å². The molecule has 1 aliphatic carbocycles. The zero-order valence-corrected chi connectivity index (χ0v) is 13.0. The van der Waals surface area contributed by atoms with Crippen LogP contribution in [0.5, 0.6) is 0 Å². The molecule has 0 aromatic carbocycles. The smallest absolute Gasteiger partial charge is 0.0118 e. The second-order valence-corrected chi connectivity index (χ2v) is 6.29. The van der Waals surface area contributed by atoms with E-state index in [1.807, 2.05) is 0 Å². The molecular weight excluding hydrogens is 244 g/mol. The van der Waals surface area contributed by atoms with E-state index in [-0.39, 0.29) is 12.4 Å². The van der Waals surface area contributed by atoms with Crippen LogP contribution in [0.25, 0.3) is 0 Å². The Balaban J connectivity index is 0.00000162. The Morgan fingerprint density at radius 2 is 1.72 bits per heavy atom. The molecule has 108 valence electrons. The molecule has 0 spiro atoms. The molecule has 0 bridgehead atoms.